The highest BCUT2D eigenvalue weighted by atomic mass is 79.9. The fourth-order valence-electron chi connectivity index (χ4n) is 0.254. The van der Waals surface area contributed by atoms with Gasteiger partial charge in [0.2, 0.25) is 0 Å². The van der Waals surface area contributed by atoms with Crippen LogP contribution in [0, 0.1) is 0 Å². The first-order valence-corrected chi connectivity index (χ1v) is 3.55. The molecule has 0 aliphatic carbocycles. The largest absolute Gasteiger partial charge is 1.00 e. The Kier molecular flexibility index (Phi) is 6.96. The summed E-state index contributed by atoms with van der Waals surface area (Å²) in [7, 11) is 6.55. The van der Waals surface area contributed by atoms with Gasteiger partial charge in [0.15, 0.2) is 0 Å². The fourth-order valence-corrected chi connectivity index (χ4v) is 1.32. The van der Waals surface area contributed by atoms with Crippen molar-refractivity contribution in [2.75, 3.05) is 33.0 Å². The maximum Gasteiger partial charge on any atom is 0.0878 e. The molecule has 0 N–H and O–H groups in total. The van der Waals surface area contributed by atoms with Crippen molar-refractivity contribution in [3.8, 4) is 0 Å². The molecule has 0 amide bonds. The summed E-state index contributed by atoms with van der Waals surface area (Å²) in [6.45, 7) is 1.19. The van der Waals surface area contributed by atoms with Crippen molar-refractivity contribution in [2.45, 2.75) is 0 Å². The minimum absolute atomic E-state index is 0. The summed E-state index contributed by atoms with van der Waals surface area (Å²) < 4.78 is 1.05. The van der Waals surface area contributed by atoms with Crippen molar-refractivity contribution >= 4 is 15.9 Å². The standard InChI is InChI=1S/C5H13BrN.BrH/c1-7(2,3)5-4-6;/h4-5H2,1-3H3;1H/q+1;/p-1. The summed E-state index contributed by atoms with van der Waals surface area (Å²) >= 11 is 3.37. The van der Waals surface area contributed by atoms with Gasteiger partial charge in [-0.05, 0) is 0 Å². The number of nitrogens with zero attached hydrogens (tertiary/aromatic N) is 1. The molecule has 0 bridgehead atoms. The van der Waals surface area contributed by atoms with Crippen molar-refractivity contribution in [1.29, 1.82) is 0 Å². The molecule has 0 aromatic carbocycles. The number of hydrogen-bond donors (Lipinski definition) is 0. The summed E-state index contributed by atoms with van der Waals surface area (Å²) in [5.74, 6) is 0. The minimum atomic E-state index is 0. The molecule has 0 aliphatic heterocycles. The van der Waals surface area contributed by atoms with E-state index >= 15 is 0 Å². The summed E-state index contributed by atoms with van der Waals surface area (Å²) in [4.78, 5) is 0. The number of halogens is 2. The Morgan fingerprint density at radius 3 is 1.62 bits per heavy atom. The average molecular weight is 247 g/mol. The lowest BCUT2D eigenvalue weighted by molar-refractivity contribution is -0.867. The van der Waals surface area contributed by atoms with Crippen LogP contribution in [0.1, 0.15) is 0 Å². The highest BCUT2D eigenvalue weighted by Gasteiger charge is 2.02. The Hall–Kier alpha value is 0.920. The molecular weight excluding hydrogens is 234 g/mol. The lowest BCUT2D eigenvalue weighted by atomic mass is 10.6. The Bertz CT molecular complexity index is 48.9. The molecule has 52 valence electrons. The van der Waals surface area contributed by atoms with Crippen molar-refractivity contribution < 1.29 is 21.5 Å². The Morgan fingerprint density at radius 1 is 1.25 bits per heavy atom. The van der Waals surface area contributed by atoms with E-state index in [4.69, 9.17) is 0 Å². The summed E-state index contributed by atoms with van der Waals surface area (Å²) in [5, 5.41) is 1.09. The lowest BCUT2D eigenvalue weighted by Gasteiger charge is -2.21. The molecule has 0 aliphatic rings. The highest BCUT2D eigenvalue weighted by Crippen LogP contribution is 1.90. The van der Waals surface area contributed by atoms with Gasteiger partial charge >= 0.3 is 0 Å². The van der Waals surface area contributed by atoms with Gasteiger partial charge in [-0.1, -0.05) is 15.9 Å². The van der Waals surface area contributed by atoms with Gasteiger partial charge in [-0.15, -0.1) is 0 Å². The molecule has 8 heavy (non-hydrogen) atoms. The van der Waals surface area contributed by atoms with Crippen LogP contribution in [0.25, 0.3) is 0 Å². The second-order valence-corrected chi connectivity index (χ2v) is 3.50. The van der Waals surface area contributed by atoms with E-state index in [-0.39, 0.29) is 17.0 Å². The fraction of sp³-hybridized carbons (Fsp3) is 1.00. The molecule has 3 heteroatoms. The number of rotatable bonds is 2. The molecular formula is C5H13Br2N. The van der Waals surface area contributed by atoms with E-state index in [0.717, 1.165) is 9.81 Å². The monoisotopic (exact) mass is 245 g/mol. The van der Waals surface area contributed by atoms with E-state index in [0.29, 0.717) is 0 Å². The lowest BCUT2D eigenvalue weighted by Crippen LogP contribution is -3.00. The molecule has 1 nitrogen and oxygen atoms in total. The van der Waals surface area contributed by atoms with Gasteiger partial charge in [0.1, 0.15) is 0 Å². The van der Waals surface area contributed by atoms with Crippen molar-refractivity contribution in [2.24, 2.45) is 0 Å². The quantitative estimate of drug-likeness (QED) is 0.394. The summed E-state index contributed by atoms with van der Waals surface area (Å²) in [5.41, 5.74) is 0. The van der Waals surface area contributed by atoms with E-state index in [1.807, 2.05) is 0 Å². The van der Waals surface area contributed by atoms with Crippen LogP contribution in [0.3, 0.4) is 0 Å². The average Bonchev–Trinajstić information content (AvgIpc) is 1.30. The minimum Gasteiger partial charge on any atom is -1.00 e. The van der Waals surface area contributed by atoms with E-state index in [2.05, 4.69) is 37.1 Å². The zero-order valence-electron chi connectivity index (χ0n) is 5.62. The van der Waals surface area contributed by atoms with Gasteiger partial charge in [0, 0.05) is 0 Å². The molecule has 0 atom stereocenters. The van der Waals surface area contributed by atoms with E-state index in [9.17, 15) is 0 Å². The molecule has 0 aromatic rings. The Balaban J connectivity index is 0. The zero-order chi connectivity index (χ0) is 5.91. The van der Waals surface area contributed by atoms with Crippen molar-refractivity contribution in [3.63, 3.8) is 0 Å². The normalized spacial score (nSPS) is 10.5. The van der Waals surface area contributed by atoms with E-state index in [1.165, 1.54) is 6.54 Å². The molecule has 0 aromatic heterocycles. The van der Waals surface area contributed by atoms with Crippen LogP contribution in [0.2, 0.25) is 0 Å². The molecule has 0 radical (unpaired) electrons. The second kappa shape index (κ2) is 4.77. The second-order valence-electron chi connectivity index (χ2n) is 2.70. The van der Waals surface area contributed by atoms with Gasteiger partial charge in [-0.25, -0.2) is 0 Å². The Morgan fingerprint density at radius 2 is 1.62 bits per heavy atom. The van der Waals surface area contributed by atoms with Crippen LogP contribution in [0.5, 0.6) is 0 Å². The van der Waals surface area contributed by atoms with Crippen LogP contribution >= 0.6 is 15.9 Å². The van der Waals surface area contributed by atoms with Gasteiger partial charge < -0.3 is 21.5 Å². The van der Waals surface area contributed by atoms with Crippen molar-refractivity contribution in [3.05, 3.63) is 0 Å². The van der Waals surface area contributed by atoms with Gasteiger partial charge in [0.25, 0.3) is 0 Å². The molecule has 0 saturated carbocycles. The van der Waals surface area contributed by atoms with E-state index < -0.39 is 0 Å². The maximum atomic E-state index is 3.37. The van der Waals surface area contributed by atoms with Crippen LogP contribution in [0.15, 0.2) is 0 Å². The van der Waals surface area contributed by atoms with Crippen molar-refractivity contribution in [1.82, 2.24) is 0 Å². The smallest absolute Gasteiger partial charge is 0.0878 e. The molecule has 0 unspecified atom stereocenters. The number of alkyl halides is 1. The first-order chi connectivity index (χ1) is 3.06. The Labute approximate surface area is 70.5 Å². The van der Waals surface area contributed by atoms with Gasteiger partial charge in [0.05, 0.1) is 33.0 Å². The maximum absolute atomic E-state index is 3.37. The van der Waals surface area contributed by atoms with Crippen LogP contribution in [-0.2, 0) is 0 Å². The molecule has 0 heterocycles. The molecule has 0 saturated heterocycles. The predicted molar refractivity (Wildman–Crippen MR) is 36.7 cm³/mol. The summed E-state index contributed by atoms with van der Waals surface area (Å²) in [6.07, 6.45) is 0. The molecule has 0 rings (SSSR count). The number of hydrogen-bond acceptors (Lipinski definition) is 0. The summed E-state index contributed by atoms with van der Waals surface area (Å²) in [6, 6.07) is 0. The molecule has 0 fully saturated rings. The molecule has 0 spiro atoms. The SMILES string of the molecule is C[N+](C)(C)CCBr.[Br-]. The first-order valence-electron chi connectivity index (χ1n) is 2.43. The third-order valence-electron chi connectivity index (χ3n) is 0.755. The zero-order valence-corrected chi connectivity index (χ0v) is 8.79. The topological polar surface area (TPSA) is 0 Å². The number of quaternary nitrogens is 1. The van der Waals surface area contributed by atoms with Gasteiger partial charge in [-0.3, -0.25) is 0 Å². The predicted octanol–water partition coefficient (Wildman–Crippen LogP) is -1.91. The first kappa shape index (κ1) is 11.7. The van der Waals surface area contributed by atoms with E-state index in [1.54, 1.807) is 0 Å². The third kappa shape index (κ3) is 10.0. The van der Waals surface area contributed by atoms with Crippen LogP contribution < -0.4 is 17.0 Å². The van der Waals surface area contributed by atoms with Crippen LogP contribution in [-0.4, -0.2) is 37.5 Å². The van der Waals surface area contributed by atoms with Crippen LogP contribution in [0.4, 0.5) is 0 Å². The highest BCUT2D eigenvalue weighted by molar-refractivity contribution is 9.09. The third-order valence-corrected chi connectivity index (χ3v) is 1.11. The van der Waals surface area contributed by atoms with Gasteiger partial charge in [-0.2, -0.15) is 0 Å².